The first-order chi connectivity index (χ1) is 19.7. The lowest BCUT2D eigenvalue weighted by Crippen LogP contribution is -2.51. The Morgan fingerprint density at radius 1 is 0.625 bits per heavy atom. The number of nitrogens with zero attached hydrogens (tertiary/aromatic N) is 1. The highest BCUT2D eigenvalue weighted by Crippen LogP contribution is 2.64. The van der Waals surface area contributed by atoms with E-state index in [0.29, 0.717) is 24.3 Å². The second kappa shape index (κ2) is 12.6. The molecule has 6 aliphatic rings. The summed E-state index contributed by atoms with van der Waals surface area (Å²) >= 11 is 0. The largest absolute Gasteiger partial charge is 0.318 e. The summed E-state index contributed by atoms with van der Waals surface area (Å²) in [6.45, 7) is 4.97. The molecule has 0 aromatic heterocycles. The molecule has 0 radical (unpaired) electrons. The van der Waals surface area contributed by atoms with Gasteiger partial charge >= 0.3 is 0 Å². The third-order valence-corrected chi connectivity index (χ3v) is 14.9. The van der Waals surface area contributed by atoms with Gasteiger partial charge in [0, 0.05) is 12.1 Å². The molecule has 1 aromatic carbocycles. The second-order valence-corrected chi connectivity index (χ2v) is 16.2. The number of benzene rings is 1. The van der Waals surface area contributed by atoms with Gasteiger partial charge in [0.2, 0.25) is 0 Å². The van der Waals surface area contributed by atoms with E-state index in [1.54, 1.807) is 0 Å². The average Bonchev–Trinajstić information content (AvgIpc) is 3.19. The molecule has 1 heterocycles. The van der Waals surface area contributed by atoms with Crippen molar-refractivity contribution in [3.63, 3.8) is 0 Å². The summed E-state index contributed by atoms with van der Waals surface area (Å²) in [5, 5.41) is 0. The first-order valence-electron chi connectivity index (χ1n) is 17.7. The molecule has 1 aromatic rings. The van der Waals surface area contributed by atoms with Crippen LogP contribution in [0.1, 0.15) is 135 Å². The Morgan fingerprint density at radius 2 is 1.15 bits per heavy atom. The minimum atomic E-state index is -1.09. The highest BCUT2D eigenvalue weighted by atomic mass is 31.2. The van der Waals surface area contributed by atoms with Gasteiger partial charge in [0.05, 0.1) is 12.2 Å². The minimum absolute atomic E-state index is 0.316. The summed E-state index contributed by atoms with van der Waals surface area (Å²) in [4.78, 5) is 0. The van der Waals surface area contributed by atoms with Gasteiger partial charge in [-0.25, -0.2) is 4.67 Å². The third kappa shape index (κ3) is 5.49. The summed E-state index contributed by atoms with van der Waals surface area (Å²) in [6.07, 6.45) is 24.8. The molecular formula is C36H56NO2P. The molecule has 4 heteroatoms. The molecule has 0 bridgehead atoms. The van der Waals surface area contributed by atoms with E-state index in [1.807, 2.05) is 0 Å². The molecule has 5 saturated carbocycles. The molecule has 0 amide bonds. The van der Waals surface area contributed by atoms with Crippen molar-refractivity contribution < 1.29 is 9.05 Å². The molecule has 7 rings (SSSR count). The second-order valence-electron chi connectivity index (χ2n) is 14.9. The van der Waals surface area contributed by atoms with E-state index in [1.165, 1.54) is 115 Å². The van der Waals surface area contributed by atoms with Gasteiger partial charge in [0.15, 0.2) is 0 Å². The van der Waals surface area contributed by atoms with E-state index in [0.717, 1.165) is 41.4 Å². The van der Waals surface area contributed by atoms with E-state index < -0.39 is 8.53 Å². The van der Waals surface area contributed by atoms with Gasteiger partial charge in [0.25, 0.3) is 8.53 Å². The number of hydrogen-bond donors (Lipinski definition) is 0. The SMILES string of the molecule is CC(c1ccccc1)N(C(C)C1CCCCC1)P1OC2CCC3CCCCC3C2C2C(CCC3CCCCC32)O1. The monoisotopic (exact) mass is 565 g/mol. The molecule has 1 saturated heterocycles. The summed E-state index contributed by atoms with van der Waals surface area (Å²) in [5.74, 6) is 5.90. The molecule has 3 nitrogen and oxygen atoms in total. The molecule has 40 heavy (non-hydrogen) atoms. The van der Waals surface area contributed by atoms with Gasteiger partial charge < -0.3 is 9.05 Å². The Morgan fingerprint density at radius 3 is 1.73 bits per heavy atom. The summed E-state index contributed by atoms with van der Waals surface area (Å²) in [7, 11) is -1.09. The van der Waals surface area contributed by atoms with Crippen LogP contribution >= 0.6 is 8.53 Å². The topological polar surface area (TPSA) is 21.7 Å². The summed E-state index contributed by atoms with van der Waals surface area (Å²) in [6, 6.07) is 12.1. The predicted molar refractivity (Wildman–Crippen MR) is 166 cm³/mol. The van der Waals surface area contributed by atoms with Crippen LogP contribution in [0.5, 0.6) is 0 Å². The van der Waals surface area contributed by atoms with E-state index in [-0.39, 0.29) is 0 Å². The number of rotatable bonds is 5. The molecule has 0 spiro atoms. The molecule has 222 valence electrons. The molecule has 6 fully saturated rings. The number of hydrogen-bond acceptors (Lipinski definition) is 3. The van der Waals surface area contributed by atoms with Crippen LogP contribution in [-0.4, -0.2) is 22.9 Å². The zero-order valence-corrected chi connectivity index (χ0v) is 26.4. The third-order valence-electron chi connectivity index (χ3n) is 12.9. The van der Waals surface area contributed by atoms with Crippen molar-refractivity contribution in [2.24, 2.45) is 41.4 Å². The Labute approximate surface area is 246 Å². The van der Waals surface area contributed by atoms with Crippen LogP contribution in [0.4, 0.5) is 0 Å². The summed E-state index contributed by atoms with van der Waals surface area (Å²) < 4.78 is 17.8. The molecule has 10 atom stereocenters. The molecule has 1 aliphatic heterocycles. The first kappa shape index (κ1) is 28.3. The van der Waals surface area contributed by atoms with Crippen LogP contribution in [0, 0.1) is 41.4 Å². The van der Waals surface area contributed by atoms with Crippen LogP contribution in [0.25, 0.3) is 0 Å². The Balaban J connectivity index is 1.25. The predicted octanol–water partition coefficient (Wildman–Crippen LogP) is 10.5. The van der Waals surface area contributed by atoms with Crippen molar-refractivity contribution in [1.29, 1.82) is 0 Å². The maximum atomic E-state index is 7.52. The van der Waals surface area contributed by atoms with E-state index >= 15 is 0 Å². The van der Waals surface area contributed by atoms with Crippen LogP contribution in [0.3, 0.4) is 0 Å². The zero-order chi connectivity index (χ0) is 27.1. The van der Waals surface area contributed by atoms with Crippen molar-refractivity contribution >= 4 is 8.53 Å². The maximum Gasteiger partial charge on any atom is 0.260 e. The molecule has 10 unspecified atom stereocenters. The van der Waals surface area contributed by atoms with Crippen LogP contribution in [-0.2, 0) is 9.05 Å². The lowest BCUT2D eigenvalue weighted by Gasteiger charge is -2.53. The quantitative estimate of drug-likeness (QED) is 0.332. The van der Waals surface area contributed by atoms with Crippen molar-refractivity contribution in [1.82, 2.24) is 4.67 Å². The first-order valence-corrected chi connectivity index (χ1v) is 18.8. The van der Waals surface area contributed by atoms with Crippen LogP contribution in [0.2, 0.25) is 0 Å². The highest BCUT2D eigenvalue weighted by molar-refractivity contribution is 7.44. The fourth-order valence-electron chi connectivity index (χ4n) is 10.9. The van der Waals surface area contributed by atoms with Crippen molar-refractivity contribution in [3.05, 3.63) is 35.9 Å². The Bertz CT molecular complexity index is 911. The maximum absolute atomic E-state index is 7.52. The molecular weight excluding hydrogens is 509 g/mol. The van der Waals surface area contributed by atoms with Gasteiger partial charge in [0.1, 0.15) is 0 Å². The molecule has 0 N–H and O–H groups in total. The van der Waals surface area contributed by atoms with Gasteiger partial charge in [-0.2, -0.15) is 0 Å². The van der Waals surface area contributed by atoms with E-state index in [4.69, 9.17) is 9.05 Å². The Hall–Kier alpha value is -0.470. The van der Waals surface area contributed by atoms with Crippen molar-refractivity contribution in [3.8, 4) is 0 Å². The lowest BCUT2D eigenvalue weighted by atomic mass is 9.53. The normalized spacial score (nSPS) is 42.0. The number of fused-ring (bicyclic) bond motifs is 7. The fraction of sp³-hybridized carbons (Fsp3) is 0.833. The van der Waals surface area contributed by atoms with Gasteiger partial charge in [-0.3, -0.25) is 0 Å². The standard InChI is InChI=1S/C36H56NO2P/c1-25(27-13-5-3-6-14-27)37(26(2)28-15-7-4-8-16-28)40-38-33-23-21-29-17-9-11-19-31(29)35(33)36-32-20-12-10-18-30(32)22-24-34(36)39-40/h3,5-6,13-14,25-26,28-36H,4,7-12,15-24H2,1-2H3. The van der Waals surface area contributed by atoms with Gasteiger partial charge in [-0.05, 0) is 112 Å². The highest BCUT2D eigenvalue weighted by Gasteiger charge is 2.56. The average molecular weight is 566 g/mol. The Kier molecular flexibility index (Phi) is 8.94. The summed E-state index contributed by atoms with van der Waals surface area (Å²) in [5.41, 5.74) is 1.42. The van der Waals surface area contributed by atoms with Crippen molar-refractivity contribution in [2.45, 2.75) is 147 Å². The van der Waals surface area contributed by atoms with Gasteiger partial charge in [-0.1, -0.05) is 88.1 Å². The van der Waals surface area contributed by atoms with Crippen LogP contribution in [0.15, 0.2) is 30.3 Å². The van der Waals surface area contributed by atoms with Crippen LogP contribution < -0.4 is 0 Å². The fourth-order valence-corrected chi connectivity index (χ4v) is 13.1. The van der Waals surface area contributed by atoms with E-state index in [9.17, 15) is 0 Å². The van der Waals surface area contributed by atoms with Crippen molar-refractivity contribution in [2.75, 3.05) is 0 Å². The zero-order valence-electron chi connectivity index (χ0n) is 25.5. The van der Waals surface area contributed by atoms with Gasteiger partial charge in [-0.15, -0.1) is 0 Å². The molecule has 5 aliphatic carbocycles. The minimum Gasteiger partial charge on any atom is -0.318 e. The lowest BCUT2D eigenvalue weighted by molar-refractivity contribution is -0.0856. The smallest absolute Gasteiger partial charge is 0.260 e. The van der Waals surface area contributed by atoms with E-state index in [2.05, 4.69) is 48.8 Å².